The van der Waals surface area contributed by atoms with Gasteiger partial charge in [0, 0.05) is 5.69 Å². The molecule has 0 atom stereocenters. The van der Waals surface area contributed by atoms with Gasteiger partial charge in [-0.3, -0.25) is 4.79 Å². The lowest BCUT2D eigenvalue weighted by atomic mass is 9.85. The molecule has 0 saturated heterocycles. The van der Waals surface area contributed by atoms with Crippen molar-refractivity contribution < 1.29 is 4.79 Å². The molecule has 0 heterocycles. The third kappa shape index (κ3) is 2.78. The lowest BCUT2D eigenvalue weighted by Gasteiger charge is -2.41. The van der Waals surface area contributed by atoms with Crippen LogP contribution in [0.15, 0.2) is 54.6 Å². The Morgan fingerprint density at radius 2 is 1.57 bits per heavy atom. The number of para-hydroxylation sites is 1. The molecular formula is C21H25NO. The zero-order chi connectivity index (χ0) is 16.3. The van der Waals surface area contributed by atoms with Gasteiger partial charge in [0.2, 0.25) is 6.41 Å². The SMILES string of the molecule is CC(C)c1ccccc1N(C=O)C1(c2ccccc2)CCCC1. The molecule has 1 fully saturated rings. The van der Waals surface area contributed by atoms with Crippen LogP contribution < -0.4 is 4.90 Å². The van der Waals surface area contributed by atoms with Crippen LogP contribution in [0.5, 0.6) is 0 Å². The maximum Gasteiger partial charge on any atom is 0.214 e. The molecule has 2 aromatic carbocycles. The van der Waals surface area contributed by atoms with Crippen LogP contribution in [0, 0.1) is 0 Å². The minimum Gasteiger partial charge on any atom is -0.304 e. The van der Waals surface area contributed by atoms with Gasteiger partial charge in [0.05, 0.1) is 5.54 Å². The Bertz CT molecular complexity index is 657. The molecule has 2 aromatic rings. The molecule has 0 unspecified atom stereocenters. The maximum absolute atomic E-state index is 12.2. The lowest BCUT2D eigenvalue weighted by Crippen LogP contribution is -2.44. The van der Waals surface area contributed by atoms with E-state index in [1.165, 1.54) is 24.0 Å². The molecule has 2 nitrogen and oxygen atoms in total. The Labute approximate surface area is 139 Å². The first kappa shape index (κ1) is 15.8. The summed E-state index contributed by atoms with van der Waals surface area (Å²) in [5.74, 6) is 0.392. The van der Waals surface area contributed by atoms with Gasteiger partial charge in [-0.15, -0.1) is 0 Å². The molecule has 1 saturated carbocycles. The molecule has 1 amide bonds. The minimum absolute atomic E-state index is 0.200. The molecule has 0 bridgehead atoms. The van der Waals surface area contributed by atoms with Gasteiger partial charge < -0.3 is 4.90 Å². The summed E-state index contributed by atoms with van der Waals surface area (Å²) in [6.07, 6.45) is 5.44. The van der Waals surface area contributed by atoms with Crippen LogP contribution in [-0.2, 0) is 10.3 Å². The fourth-order valence-electron chi connectivity index (χ4n) is 3.96. The van der Waals surface area contributed by atoms with E-state index in [-0.39, 0.29) is 5.54 Å². The van der Waals surface area contributed by atoms with Gasteiger partial charge in [0.25, 0.3) is 0 Å². The minimum atomic E-state index is -0.200. The number of nitrogens with zero attached hydrogens (tertiary/aromatic N) is 1. The van der Waals surface area contributed by atoms with E-state index in [1.807, 2.05) is 17.0 Å². The quantitative estimate of drug-likeness (QED) is 0.691. The first-order valence-corrected chi connectivity index (χ1v) is 8.58. The van der Waals surface area contributed by atoms with Gasteiger partial charge in [-0.25, -0.2) is 0 Å². The van der Waals surface area contributed by atoms with Crippen molar-refractivity contribution in [3.8, 4) is 0 Å². The summed E-state index contributed by atoms with van der Waals surface area (Å²) < 4.78 is 0. The van der Waals surface area contributed by atoms with Crippen LogP contribution in [0.3, 0.4) is 0 Å². The Balaban J connectivity index is 2.13. The van der Waals surface area contributed by atoms with E-state index in [9.17, 15) is 4.79 Å². The van der Waals surface area contributed by atoms with Crippen molar-refractivity contribution in [2.24, 2.45) is 0 Å². The fraction of sp³-hybridized carbons (Fsp3) is 0.381. The first-order valence-electron chi connectivity index (χ1n) is 8.58. The summed E-state index contributed by atoms with van der Waals surface area (Å²) in [5, 5.41) is 0. The van der Waals surface area contributed by atoms with Crippen LogP contribution in [0.25, 0.3) is 0 Å². The summed E-state index contributed by atoms with van der Waals surface area (Å²) in [6, 6.07) is 18.9. The molecular weight excluding hydrogens is 282 g/mol. The summed E-state index contributed by atoms with van der Waals surface area (Å²) in [7, 11) is 0. The monoisotopic (exact) mass is 307 g/mol. The van der Waals surface area contributed by atoms with Crippen LogP contribution >= 0.6 is 0 Å². The second-order valence-corrected chi connectivity index (χ2v) is 6.79. The van der Waals surface area contributed by atoms with Gasteiger partial charge in [-0.05, 0) is 36.0 Å². The standard InChI is InChI=1S/C21H25NO/c1-17(2)19-12-6-7-13-20(19)22(16-23)21(14-8-9-15-21)18-10-4-3-5-11-18/h3-7,10-13,16-17H,8-9,14-15H2,1-2H3. The van der Waals surface area contributed by atoms with Gasteiger partial charge in [0.1, 0.15) is 0 Å². The van der Waals surface area contributed by atoms with Crippen molar-refractivity contribution in [1.29, 1.82) is 0 Å². The van der Waals surface area contributed by atoms with Gasteiger partial charge in [-0.2, -0.15) is 0 Å². The predicted molar refractivity (Wildman–Crippen MR) is 95.7 cm³/mol. The van der Waals surface area contributed by atoms with Crippen molar-refractivity contribution >= 4 is 12.1 Å². The van der Waals surface area contributed by atoms with Crippen LogP contribution in [-0.4, -0.2) is 6.41 Å². The van der Waals surface area contributed by atoms with Crippen LogP contribution in [0.1, 0.15) is 56.6 Å². The average molecular weight is 307 g/mol. The highest BCUT2D eigenvalue weighted by Crippen LogP contribution is 2.46. The molecule has 2 heteroatoms. The molecule has 0 N–H and O–H groups in total. The third-order valence-electron chi connectivity index (χ3n) is 5.13. The highest BCUT2D eigenvalue weighted by Gasteiger charge is 2.42. The molecule has 0 aromatic heterocycles. The normalized spacial score (nSPS) is 16.5. The van der Waals surface area contributed by atoms with E-state index in [1.54, 1.807) is 0 Å². The number of carbonyl (C=O) groups excluding carboxylic acids is 1. The molecule has 0 spiro atoms. The third-order valence-corrected chi connectivity index (χ3v) is 5.13. The maximum atomic E-state index is 12.2. The number of hydrogen-bond donors (Lipinski definition) is 0. The summed E-state index contributed by atoms with van der Waals surface area (Å²) >= 11 is 0. The van der Waals surface area contributed by atoms with Gasteiger partial charge in [0.15, 0.2) is 0 Å². The second-order valence-electron chi connectivity index (χ2n) is 6.79. The van der Waals surface area contributed by atoms with Crippen molar-refractivity contribution in [2.75, 3.05) is 4.90 Å². The van der Waals surface area contributed by atoms with E-state index >= 15 is 0 Å². The van der Waals surface area contributed by atoms with Crippen LogP contribution in [0.2, 0.25) is 0 Å². The number of rotatable bonds is 5. The van der Waals surface area contributed by atoms with Gasteiger partial charge in [-0.1, -0.05) is 75.2 Å². The van der Waals surface area contributed by atoms with E-state index < -0.39 is 0 Å². The zero-order valence-corrected chi connectivity index (χ0v) is 14.0. The van der Waals surface area contributed by atoms with Crippen molar-refractivity contribution in [1.82, 2.24) is 0 Å². The summed E-state index contributed by atoms with van der Waals surface area (Å²) in [6.45, 7) is 4.37. The Kier molecular flexibility index (Phi) is 4.51. The molecule has 0 aliphatic heterocycles. The zero-order valence-electron chi connectivity index (χ0n) is 14.0. The first-order chi connectivity index (χ1) is 11.2. The largest absolute Gasteiger partial charge is 0.304 e. The average Bonchev–Trinajstić information content (AvgIpc) is 3.07. The van der Waals surface area contributed by atoms with Gasteiger partial charge >= 0.3 is 0 Å². The molecule has 23 heavy (non-hydrogen) atoms. The Morgan fingerprint density at radius 1 is 0.957 bits per heavy atom. The number of hydrogen-bond acceptors (Lipinski definition) is 1. The second kappa shape index (κ2) is 6.57. The smallest absolute Gasteiger partial charge is 0.214 e. The Morgan fingerprint density at radius 3 is 2.17 bits per heavy atom. The van der Waals surface area contributed by atoms with E-state index in [2.05, 4.69) is 56.3 Å². The van der Waals surface area contributed by atoms with Crippen LogP contribution in [0.4, 0.5) is 5.69 Å². The highest BCUT2D eigenvalue weighted by atomic mass is 16.1. The number of amides is 1. The van der Waals surface area contributed by atoms with E-state index in [0.717, 1.165) is 24.9 Å². The van der Waals surface area contributed by atoms with Crippen molar-refractivity contribution in [3.05, 3.63) is 65.7 Å². The highest BCUT2D eigenvalue weighted by molar-refractivity contribution is 5.80. The molecule has 1 aliphatic rings. The topological polar surface area (TPSA) is 20.3 Å². The molecule has 120 valence electrons. The fourth-order valence-corrected chi connectivity index (χ4v) is 3.96. The molecule has 1 aliphatic carbocycles. The van der Waals surface area contributed by atoms with E-state index in [4.69, 9.17) is 0 Å². The van der Waals surface area contributed by atoms with Crippen molar-refractivity contribution in [2.45, 2.75) is 51.0 Å². The van der Waals surface area contributed by atoms with Crippen molar-refractivity contribution in [3.63, 3.8) is 0 Å². The molecule has 3 rings (SSSR count). The predicted octanol–water partition coefficient (Wildman–Crippen LogP) is 5.24. The number of carbonyl (C=O) groups is 1. The molecule has 0 radical (unpaired) electrons. The number of benzene rings is 2. The summed E-state index contributed by atoms with van der Waals surface area (Å²) in [4.78, 5) is 14.2. The lowest BCUT2D eigenvalue weighted by molar-refractivity contribution is -0.108. The Hall–Kier alpha value is -2.09. The summed E-state index contributed by atoms with van der Waals surface area (Å²) in [5.41, 5.74) is 3.35. The number of anilines is 1. The van der Waals surface area contributed by atoms with E-state index in [0.29, 0.717) is 5.92 Å².